The van der Waals surface area contributed by atoms with E-state index >= 15 is 0 Å². The third kappa shape index (κ3) is 15.7. The second-order valence-electron chi connectivity index (χ2n) is 23.5. The number of carbonyl (C=O) groups is 2. The lowest BCUT2D eigenvalue weighted by atomic mass is 9.47. The number of ether oxygens (including phenoxy) is 1. The number of quaternary nitrogens is 1. The summed E-state index contributed by atoms with van der Waals surface area (Å²) in [6.07, 6.45) is 29.2. The number of ketones is 1. The fourth-order valence-electron chi connectivity index (χ4n) is 13.3. The van der Waals surface area contributed by atoms with Crippen LogP contribution in [0.1, 0.15) is 215 Å². The molecule has 0 spiro atoms. The van der Waals surface area contributed by atoms with Crippen LogP contribution < -0.4 is 4.89 Å². The summed E-state index contributed by atoms with van der Waals surface area (Å²) in [5.74, 6) is 1.52. The van der Waals surface area contributed by atoms with Crippen molar-refractivity contribution in [1.29, 1.82) is 0 Å². The fourth-order valence-corrected chi connectivity index (χ4v) is 14.3. The summed E-state index contributed by atoms with van der Waals surface area (Å²) >= 11 is 0. The van der Waals surface area contributed by atoms with E-state index in [1.54, 1.807) is 0 Å². The number of hydrogen-bond donors (Lipinski definition) is 2. The number of Topliss-reactive ketones (excluding diaryl/α,β-unsaturated/α-hetero) is 1. The standard InChI is InChI=1S/C54H98NO9P/c1-10-11-12-13-14-15-16-17-18-19-20-21-22-23-24-28-49(57)54(51(58)59,64-65(60,61)62-38-37-55(7,8)9)50(40-56)63-44-33-35-52(5)43(39-44)29-30-45-47-32-31-46(42(4)27-25-26-41(2)3)53(47,6)36-34-48(45)52/h29,41-42,44-48,50,56H,10-28,30-40H2,1-9H3,(H-,58,59,60,61)/t42-,44?,45?,46-,47?,48?,50+,52+,53-,54?/m1/s1. The number of carboxylic acids is 1. The third-order valence-electron chi connectivity index (χ3n) is 17.2. The van der Waals surface area contributed by atoms with Gasteiger partial charge in [0.2, 0.25) is 0 Å². The lowest BCUT2D eigenvalue weighted by molar-refractivity contribution is -0.870. The number of aliphatic carboxylic acids is 1. The molecule has 4 aliphatic rings. The molecule has 3 saturated carbocycles. The van der Waals surface area contributed by atoms with E-state index < -0.39 is 44.0 Å². The molecule has 0 radical (unpaired) electrons. The summed E-state index contributed by atoms with van der Waals surface area (Å²) in [6.45, 7) is 13.6. The maximum absolute atomic E-state index is 14.3. The SMILES string of the molecule is CCCCCCCCCCCCCCCCCC(=O)C(OP(=O)([O-])OCC[N+](C)(C)C)(C(=O)O)[C@H](CO)OC1CC[C@@]2(C)C(=CCC3C2CC[C@@]2(C)C3CC[C@@H]2[C@H](C)CCCC(C)C)C1. The number of phosphoric ester groups is 1. The molecule has 65 heavy (non-hydrogen) atoms. The van der Waals surface area contributed by atoms with Crippen LogP contribution in [0.15, 0.2) is 11.6 Å². The predicted octanol–water partition coefficient (Wildman–Crippen LogP) is 12.6. The van der Waals surface area contributed by atoms with Crippen LogP contribution in [0.3, 0.4) is 0 Å². The van der Waals surface area contributed by atoms with E-state index in [1.165, 1.54) is 115 Å². The number of aliphatic hydroxyl groups excluding tert-OH is 1. The van der Waals surface area contributed by atoms with Crippen molar-refractivity contribution in [2.75, 3.05) is 40.9 Å². The number of carbonyl (C=O) groups excluding carboxylic acids is 1. The fraction of sp³-hybridized carbons (Fsp3) is 0.926. The number of carboxylic acid groups (broad SMARTS) is 1. The normalized spacial score (nSPS) is 29.5. The average molecular weight is 936 g/mol. The first kappa shape index (κ1) is 56.5. The molecule has 0 amide bonds. The van der Waals surface area contributed by atoms with E-state index in [1.807, 2.05) is 21.1 Å². The topological polar surface area (TPSA) is 142 Å². The van der Waals surface area contributed by atoms with Gasteiger partial charge in [-0.2, -0.15) is 0 Å². The number of nitrogens with zero attached hydrogens (tertiary/aromatic N) is 1. The molecule has 11 heteroatoms. The number of allylic oxidation sites excluding steroid dienone is 1. The zero-order valence-electron chi connectivity index (χ0n) is 43.1. The molecule has 0 aromatic rings. The molecule has 0 bridgehead atoms. The quantitative estimate of drug-likeness (QED) is 0.0216. The molecular formula is C54H98NO9P. The van der Waals surface area contributed by atoms with Crippen LogP contribution >= 0.6 is 7.82 Å². The molecule has 6 unspecified atom stereocenters. The Morgan fingerprint density at radius 1 is 0.846 bits per heavy atom. The molecule has 3 fully saturated rings. The van der Waals surface area contributed by atoms with Crippen LogP contribution in [-0.2, 0) is 27.9 Å². The lowest BCUT2D eigenvalue weighted by Gasteiger charge is -2.58. The van der Waals surface area contributed by atoms with Crippen molar-refractivity contribution in [1.82, 2.24) is 0 Å². The molecule has 0 heterocycles. The van der Waals surface area contributed by atoms with Crippen LogP contribution in [0.4, 0.5) is 0 Å². The van der Waals surface area contributed by atoms with Crippen molar-refractivity contribution in [3.05, 3.63) is 11.6 Å². The number of rotatable bonds is 33. The molecule has 0 aromatic carbocycles. The van der Waals surface area contributed by atoms with E-state index in [9.17, 15) is 29.3 Å². The predicted molar refractivity (Wildman–Crippen MR) is 261 cm³/mol. The summed E-state index contributed by atoms with van der Waals surface area (Å²) < 4.78 is 31.0. The van der Waals surface area contributed by atoms with Crippen molar-refractivity contribution in [3.8, 4) is 0 Å². The summed E-state index contributed by atoms with van der Waals surface area (Å²) in [6, 6.07) is 0. The summed E-state index contributed by atoms with van der Waals surface area (Å²) in [5.41, 5.74) is -1.29. The molecule has 11 atom stereocenters. The number of likely N-dealkylation sites (N-methyl/N-ethyl adjacent to an activating group) is 1. The zero-order chi connectivity index (χ0) is 47.9. The Morgan fingerprint density at radius 3 is 2.00 bits per heavy atom. The second kappa shape index (κ2) is 26.2. The smallest absolute Gasteiger partial charge is 0.347 e. The molecule has 378 valence electrons. The van der Waals surface area contributed by atoms with E-state index in [0.717, 1.165) is 55.8 Å². The van der Waals surface area contributed by atoms with Gasteiger partial charge in [0.1, 0.15) is 19.3 Å². The van der Waals surface area contributed by atoms with Gasteiger partial charge in [-0.1, -0.05) is 162 Å². The largest absolute Gasteiger partial charge is 0.756 e. The van der Waals surface area contributed by atoms with Crippen LogP contribution in [-0.4, -0.2) is 85.2 Å². The van der Waals surface area contributed by atoms with Gasteiger partial charge in [0.25, 0.3) is 13.4 Å². The molecule has 0 saturated heterocycles. The third-order valence-corrected chi connectivity index (χ3v) is 18.3. The minimum atomic E-state index is -5.35. The van der Waals surface area contributed by atoms with Gasteiger partial charge in [0.05, 0.1) is 33.9 Å². The van der Waals surface area contributed by atoms with Crippen molar-refractivity contribution in [3.63, 3.8) is 0 Å². The molecule has 10 nitrogen and oxygen atoms in total. The molecule has 4 rings (SSSR count). The van der Waals surface area contributed by atoms with Gasteiger partial charge in [-0.05, 0) is 104 Å². The van der Waals surface area contributed by atoms with Crippen molar-refractivity contribution in [2.45, 2.75) is 233 Å². The van der Waals surface area contributed by atoms with Gasteiger partial charge in [-0.3, -0.25) is 13.9 Å². The second-order valence-corrected chi connectivity index (χ2v) is 24.8. The number of phosphoric acid groups is 1. The first-order valence-electron chi connectivity index (χ1n) is 26.9. The minimum Gasteiger partial charge on any atom is -0.756 e. The number of hydrogen-bond acceptors (Lipinski definition) is 8. The maximum Gasteiger partial charge on any atom is 0.347 e. The average Bonchev–Trinajstić information content (AvgIpc) is 3.59. The highest BCUT2D eigenvalue weighted by molar-refractivity contribution is 7.46. The van der Waals surface area contributed by atoms with Crippen molar-refractivity contribution in [2.24, 2.45) is 46.3 Å². The maximum atomic E-state index is 14.3. The Balaban J connectivity index is 1.40. The van der Waals surface area contributed by atoms with Gasteiger partial charge in [-0.15, -0.1) is 0 Å². The molecule has 0 aliphatic heterocycles. The van der Waals surface area contributed by atoms with E-state index in [0.29, 0.717) is 54.0 Å². The highest BCUT2D eigenvalue weighted by Crippen LogP contribution is 2.67. The minimum absolute atomic E-state index is 0.00628. The molecular weight excluding hydrogens is 838 g/mol. The lowest BCUT2D eigenvalue weighted by Crippen LogP contribution is -2.61. The van der Waals surface area contributed by atoms with Crippen LogP contribution in [0.25, 0.3) is 0 Å². The highest BCUT2D eigenvalue weighted by Gasteiger charge is 2.61. The molecule has 2 N–H and O–H groups in total. The number of aliphatic hydroxyl groups is 1. The Bertz CT molecular complexity index is 1530. The van der Waals surface area contributed by atoms with Crippen LogP contribution in [0.5, 0.6) is 0 Å². The number of unbranched alkanes of at least 4 members (excludes halogenated alkanes) is 14. The summed E-state index contributed by atoms with van der Waals surface area (Å²) in [5, 5.41) is 21.8. The van der Waals surface area contributed by atoms with Gasteiger partial charge >= 0.3 is 5.97 Å². The van der Waals surface area contributed by atoms with Gasteiger partial charge < -0.3 is 28.9 Å². The van der Waals surface area contributed by atoms with Gasteiger partial charge in [0, 0.05) is 6.42 Å². The van der Waals surface area contributed by atoms with Gasteiger partial charge in [-0.25, -0.2) is 4.79 Å². The Labute approximate surface area is 397 Å². The summed E-state index contributed by atoms with van der Waals surface area (Å²) in [4.78, 5) is 41.1. The summed E-state index contributed by atoms with van der Waals surface area (Å²) in [7, 11) is 0.276. The first-order valence-corrected chi connectivity index (χ1v) is 28.4. The Hall–Kier alpha value is -1.13. The van der Waals surface area contributed by atoms with E-state index in [4.69, 9.17) is 13.8 Å². The highest BCUT2D eigenvalue weighted by atomic mass is 31.2. The van der Waals surface area contributed by atoms with E-state index in [2.05, 4.69) is 47.6 Å². The zero-order valence-corrected chi connectivity index (χ0v) is 44.0. The molecule has 0 aromatic heterocycles. The van der Waals surface area contributed by atoms with Crippen LogP contribution in [0.2, 0.25) is 0 Å². The Kier molecular flexibility index (Phi) is 22.7. The Morgan fingerprint density at radius 2 is 1.45 bits per heavy atom. The van der Waals surface area contributed by atoms with Crippen molar-refractivity contribution >= 4 is 19.6 Å². The van der Waals surface area contributed by atoms with Gasteiger partial charge in [0.15, 0.2) is 5.78 Å². The van der Waals surface area contributed by atoms with Crippen LogP contribution in [0, 0.1) is 46.3 Å². The van der Waals surface area contributed by atoms with Crippen molar-refractivity contribution < 1.29 is 47.5 Å². The molecule has 4 aliphatic carbocycles. The first-order chi connectivity index (χ1) is 30.7. The monoisotopic (exact) mass is 936 g/mol. The van der Waals surface area contributed by atoms with E-state index in [-0.39, 0.29) is 18.4 Å². The number of fused-ring (bicyclic) bond motifs is 5.